The van der Waals surface area contributed by atoms with Gasteiger partial charge in [0.1, 0.15) is 11.5 Å². The van der Waals surface area contributed by atoms with Gasteiger partial charge in [-0.3, -0.25) is 0 Å². The molecule has 5 heteroatoms. The van der Waals surface area contributed by atoms with E-state index in [0.29, 0.717) is 17.8 Å². The molecule has 1 N–H and O–H groups in total. The molecule has 1 aromatic heterocycles. The Hall–Kier alpha value is -1.75. The number of hydrogen-bond acceptors (Lipinski definition) is 3. The molecule has 0 spiro atoms. The Morgan fingerprint density at radius 1 is 1.33 bits per heavy atom. The fraction of sp³-hybridized carbons (Fsp3) is 0.200. The molecule has 0 atom stereocenters. The number of hydrogen-bond donors (Lipinski definition) is 1. The zero-order valence-corrected chi connectivity index (χ0v) is 7.97. The van der Waals surface area contributed by atoms with Crippen molar-refractivity contribution in [2.75, 3.05) is 6.61 Å². The maximum atomic E-state index is 13.3. The lowest BCUT2D eigenvalue weighted by atomic mass is 10.3. The number of rotatable bonds is 3. The van der Waals surface area contributed by atoms with Gasteiger partial charge in [0, 0.05) is 13.0 Å². The minimum atomic E-state index is -0.349. The SMILES string of the molecule is OCCc1cn(-c2ccccc2F)nn1. The van der Waals surface area contributed by atoms with E-state index in [9.17, 15) is 4.39 Å². The number of aliphatic hydroxyl groups excluding tert-OH is 1. The van der Waals surface area contributed by atoms with Crippen molar-refractivity contribution in [2.45, 2.75) is 6.42 Å². The van der Waals surface area contributed by atoms with Gasteiger partial charge in [0.05, 0.1) is 11.9 Å². The smallest absolute Gasteiger partial charge is 0.148 e. The number of benzene rings is 1. The maximum Gasteiger partial charge on any atom is 0.148 e. The van der Waals surface area contributed by atoms with Crippen LogP contribution >= 0.6 is 0 Å². The number of aliphatic hydroxyl groups is 1. The number of para-hydroxylation sites is 1. The molecule has 0 fully saturated rings. The average molecular weight is 207 g/mol. The molecule has 2 aromatic rings. The summed E-state index contributed by atoms with van der Waals surface area (Å²) in [6.45, 7) is 0.00989. The Morgan fingerprint density at radius 2 is 2.13 bits per heavy atom. The average Bonchev–Trinajstić information content (AvgIpc) is 2.68. The van der Waals surface area contributed by atoms with Crippen LogP contribution in [0.25, 0.3) is 5.69 Å². The van der Waals surface area contributed by atoms with E-state index in [2.05, 4.69) is 10.3 Å². The van der Waals surface area contributed by atoms with Crippen molar-refractivity contribution in [1.82, 2.24) is 15.0 Å². The van der Waals surface area contributed by atoms with Crippen molar-refractivity contribution in [3.63, 3.8) is 0 Å². The summed E-state index contributed by atoms with van der Waals surface area (Å²) in [6.07, 6.45) is 2.03. The van der Waals surface area contributed by atoms with Gasteiger partial charge in [-0.25, -0.2) is 9.07 Å². The number of halogens is 1. The molecule has 1 aromatic carbocycles. The van der Waals surface area contributed by atoms with E-state index in [1.54, 1.807) is 24.4 Å². The molecule has 15 heavy (non-hydrogen) atoms. The van der Waals surface area contributed by atoms with Gasteiger partial charge in [-0.2, -0.15) is 0 Å². The summed E-state index contributed by atoms with van der Waals surface area (Å²) in [5.41, 5.74) is 0.995. The van der Waals surface area contributed by atoms with Gasteiger partial charge < -0.3 is 5.11 Å². The van der Waals surface area contributed by atoms with Crippen molar-refractivity contribution in [1.29, 1.82) is 0 Å². The van der Waals surface area contributed by atoms with Gasteiger partial charge in [0.15, 0.2) is 0 Å². The van der Waals surface area contributed by atoms with Crippen molar-refractivity contribution < 1.29 is 9.50 Å². The van der Waals surface area contributed by atoms with Gasteiger partial charge in [0.25, 0.3) is 0 Å². The number of nitrogens with zero attached hydrogens (tertiary/aromatic N) is 3. The van der Waals surface area contributed by atoms with Crippen molar-refractivity contribution in [3.8, 4) is 5.69 Å². The second kappa shape index (κ2) is 4.18. The molecule has 2 rings (SSSR count). The van der Waals surface area contributed by atoms with Gasteiger partial charge >= 0.3 is 0 Å². The topological polar surface area (TPSA) is 50.9 Å². The molecule has 0 aliphatic carbocycles. The van der Waals surface area contributed by atoms with Crippen LogP contribution in [0.5, 0.6) is 0 Å². The second-order valence-corrected chi connectivity index (χ2v) is 3.08. The number of aromatic nitrogens is 3. The van der Waals surface area contributed by atoms with Gasteiger partial charge in [-0.15, -0.1) is 5.10 Å². The van der Waals surface area contributed by atoms with Crippen LogP contribution in [-0.2, 0) is 6.42 Å². The van der Waals surface area contributed by atoms with Crippen LogP contribution in [0.3, 0.4) is 0 Å². The summed E-state index contributed by atoms with van der Waals surface area (Å²) in [4.78, 5) is 0. The van der Waals surface area contributed by atoms with Crippen LogP contribution in [0.2, 0.25) is 0 Å². The Morgan fingerprint density at radius 3 is 2.87 bits per heavy atom. The first-order valence-corrected chi connectivity index (χ1v) is 4.58. The molecule has 0 aliphatic heterocycles. The normalized spacial score (nSPS) is 10.5. The molecule has 0 aliphatic rings. The monoisotopic (exact) mass is 207 g/mol. The van der Waals surface area contributed by atoms with Crippen LogP contribution in [-0.4, -0.2) is 26.7 Å². The molecule has 1 heterocycles. The standard InChI is InChI=1S/C10H10FN3O/c11-9-3-1-2-4-10(9)14-7-8(5-6-15)12-13-14/h1-4,7,15H,5-6H2. The first kappa shape index (κ1) is 9.79. The van der Waals surface area contributed by atoms with Crippen molar-refractivity contribution in [2.24, 2.45) is 0 Å². The van der Waals surface area contributed by atoms with E-state index >= 15 is 0 Å². The van der Waals surface area contributed by atoms with Crippen LogP contribution in [0.4, 0.5) is 4.39 Å². The molecule has 0 saturated heterocycles. The molecular weight excluding hydrogens is 197 g/mol. The Labute approximate surface area is 86.0 Å². The Bertz CT molecular complexity index is 455. The van der Waals surface area contributed by atoms with E-state index in [1.807, 2.05) is 0 Å². The second-order valence-electron chi connectivity index (χ2n) is 3.08. The first-order chi connectivity index (χ1) is 7.31. The van der Waals surface area contributed by atoms with E-state index in [0.717, 1.165) is 0 Å². The highest BCUT2D eigenvalue weighted by molar-refractivity contribution is 5.32. The first-order valence-electron chi connectivity index (χ1n) is 4.58. The zero-order chi connectivity index (χ0) is 10.7. The molecule has 0 amide bonds. The highest BCUT2D eigenvalue weighted by Gasteiger charge is 2.06. The summed E-state index contributed by atoms with van der Waals surface area (Å²) in [5, 5.41) is 16.3. The predicted molar refractivity (Wildman–Crippen MR) is 52.1 cm³/mol. The van der Waals surface area contributed by atoms with E-state index in [4.69, 9.17) is 5.11 Å². The van der Waals surface area contributed by atoms with Gasteiger partial charge in [-0.1, -0.05) is 17.3 Å². The summed E-state index contributed by atoms with van der Waals surface area (Å²) >= 11 is 0. The summed E-state index contributed by atoms with van der Waals surface area (Å²) in [5.74, 6) is -0.349. The molecule has 4 nitrogen and oxygen atoms in total. The van der Waals surface area contributed by atoms with Crippen molar-refractivity contribution in [3.05, 3.63) is 42.0 Å². The van der Waals surface area contributed by atoms with Gasteiger partial charge in [0.2, 0.25) is 0 Å². The molecule has 0 bridgehead atoms. The fourth-order valence-corrected chi connectivity index (χ4v) is 1.28. The fourth-order valence-electron chi connectivity index (χ4n) is 1.28. The third-order valence-corrected chi connectivity index (χ3v) is 2.01. The lowest BCUT2D eigenvalue weighted by molar-refractivity contribution is 0.298. The molecule has 0 unspecified atom stereocenters. The third-order valence-electron chi connectivity index (χ3n) is 2.01. The predicted octanol–water partition coefficient (Wildman–Crippen LogP) is 0.941. The quantitative estimate of drug-likeness (QED) is 0.814. The van der Waals surface area contributed by atoms with Crippen LogP contribution in [0.1, 0.15) is 5.69 Å². The molecule has 0 saturated carbocycles. The van der Waals surface area contributed by atoms with E-state index in [1.165, 1.54) is 10.7 Å². The van der Waals surface area contributed by atoms with Crippen LogP contribution in [0.15, 0.2) is 30.5 Å². The minimum Gasteiger partial charge on any atom is -0.396 e. The lowest BCUT2D eigenvalue weighted by Crippen LogP contribution is -1.97. The molecule has 0 radical (unpaired) electrons. The van der Waals surface area contributed by atoms with Gasteiger partial charge in [-0.05, 0) is 12.1 Å². The zero-order valence-electron chi connectivity index (χ0n) is 7.97. The summed E-state index contributed by atoms with van der Waals surface area (Å²) < 4.78 is 14.7. The highest BCUT2D eigenvalue weighted by atomic mass is 19.1. The van der Waals surface area contributed by atoms with E-state index < -0.39 is 0 Å². The summed E-state index contributed by atoms with van der Waals surface area (Å²) in [6, 6.07) is 6.33. The lowest BCUT2D eigenvalue weighted by Gasteiger charge is -1.99. The third kappa shape index (κ3) is 2.02. The highest BCUT2D eigenvalue weighted by Crippen LogP contribution is 2.11. The summed E-state index contributed by atoms with van der Waals surface area (Å²) in [7, 11) is 0. The van der Waals surface area contributed by atoms with E-state index in [-0.39, 0.29) is 12.4 Å². The largest absolute Gasteiger partial charge is 0.396 e. The van der Waals surface area contributed by atoms with Crippen LogP contribution < -0.4 is 0 Å². The Kier molecular flexibility index (Phi) is 2.73. The molecular formula is C10H10FN3O. The Balaban J connectivity index is 2.33. The molecule has 78 valence electrons. The van der Waals surface area contributed by atoms with Crippen molar-refractivity contribution >= 4 is 0 Å². The maximum absolute atomic E-state index is 13.3. The van der Waals surface area contributed by atoms with Crippen LogP contribution in [0, 0.1) is 5.82 Å². The minimum absolute atomic E-state index is 0.00989.